The van der Waals surface area contributed by atoms with Gasteiger partial charge in [-0.05, 0) is 17.0 Å². The molecule has 5 heteroatoms. The van der Waals surface area contributed by atoms with Gasteiger partial charge in [-0.15, -0.1) is 0 Å². The molecule has 0 spiro atoms. The van der Waals surface area contributed by atoms with Crippen molar-refractivity contribution in [2.24, 2.45) is 5.92 Å². The number of nitrogens with one attached hydrogen (secondary N) is 2. The Morgan fingerprint density at radius 2 is 1.66 bits per heavy atom. The van der Waals surface area contributed by atoms with Crippen molar-refractivity contribution in [2.75, 3.05) is 26.2 Å². The highest BCUT2D eigenvalue weighted by atomic mass is 16.2. The fraction of sp³-hybridized carbons (Fsp3) is 0.417. The average molecular weight is 394 g/mol. The third kappa shape index (κ3) is 5.91. The number of carbonyl (C=O) groups is 2. The van der Waals surface area contributed by atoms with Crippen molar-refractivity contribution in [3.8, 4) is 0 Å². The molecule has 29 heavy (non-hydrogen) atoms. The molecule has 2 aromatic rings. The zero-order valence-corrected chi connectivity index (χ0v) is 17.3. The number of piperazine rings is 1. The minimum Gasteiger partial charge on any atom is -0.355 e. The predicted molar refractivity (Wildman–Crippen MR) is 116 cm³/mol. The molecule has 2 N–H and O–H groups in total. The van der Waals surface area contributed by atoms with E-state index >= 15 is 0 Å². The first kappa shape index (κ1) is 21.1. The molecule has 1 saturated heterocycles. The standard InChI is InChI=1S/C24H31N3O2/c1-18(2)17-27-14-13-25-24(29)22(27)15-23(28)26-16-21(19-9-5-3-6-10-19)20-11-7-4-8-12-20/h3-12,18,21-22H,13-17H2,1-2H3,(H,25,29)(H,26,28)/t22-/m0/s1. The van der Waals surface area contributed by atoms with Gasteiger partial charge in [-0.2, -0.15) is 0 Å². The van der Waals surface area contributed by atoms with E-state index in [1.54, 1.807) is 0 Å². The molecule has 5 nitrogen and oxygen atoms in total. The Balaban J connectivity index is 1.66. The predicted octanol–water partition coefficient (Wildman–Crippen LogP) is 2.78. The molecule has 0 aliphatic carbocycles. The largest absolute Gasteiger partial charge is 0.355 e. The summed E-state index contributed by atoms with van der Waals surface area (Å²) in [5.41, 5.74) is 2.33. The van der Waals surface area contributed by atoms with Crippen molar-refractivity contribution in [3.63, 3.8) is 0 Å². The van der Waals surface area contributed by atoms with Gasteiger partial charge < -0.3 is 10.6 Å². The summed E-state index contributed by atoms with van der Waals surface area (Å²) >= 11 is 0. The number of hydrogen-bond donors (Lipinski definition) is 2. The number of benzene rings is 2. The van der Waals surface area contributed by atoms with Gasteiger partial charge in [-0.3, -0.25) is 14.5 Å². The van der Waals surface area contributed by atoms with E-state index in [2.05, 4.69) is 53.6 Å². The van der Waals surface area contributed by atoms with Crippen molar-refractivity contribution < 1.29 is 9.59 Å². The lowest BCUT2D eigenvalue weighted by Crippen LogP contribution is -2.57. The number of hydrogen-bond acceptors (Lipinski definition) is 3. The zero-order valence-electron chi connectivity index (χ0n) is 17.3. The monoisotopic (exact) mass is 393 g/mol. The quantitative estimate of drug-likeness (QED) is 0.725. The molecule has 1 aliphatic heterocycles. The van der Waals surface area contributed by atoms with E-state index in [4.69, 9.17) is 0 Å². The van der Waals surface area contributed by atoms with Crippen LogP contribution in [0.2, 0.25) is 0 Å². The first-order chi connectivity index (χ1) is 14.0. The lowest BCUT2D eigenvalue weighted by Gasteiger charge is -2.35. The Kier molecular flexibility index (Phi) is 7.42. The molecule has 2 amide bonds. The van der Waals surface area contributed by atoms with Crippen LogP contribution in [0.25, 0.3) is 0 Å². The molecular weight excluding hydrogens is 362 g/mol. The molecule has 0 aromatic heterocycles. The lowest BCUT2D eigenvalue weighted by atomic mass is 9.91. The number of amides is 2. The van der Waals surface area contributed by atoms with Crippen molar-refractivity contribution >= 4 is 11.8 Å². The Morgan fingerprint density at radius 1 is 1.07 bits per heavy atom. The van der Waals surface area contributed by atoms with Crippen LogP contribution in [0.15, 0.2) is 60.7 Å². The highest BCUT2D eigenvalue weighted by Gasteiger charge is 2.31. The second kappa shape index (κ2) is 10.2. The fourth-order valence-corrected chi connectivity index (χ4v) is 3.93. The van der Waals surface area contributed by atoms with Crippen LogP contribution in [-0.2, 0) is 9.59 Å². The summed E-state index contributed by atoms with van der Waals surface area (Å²) in [7, 11) is 0. The summed E-state index contributed by atoms with van der Waals surface area (Å²) < 4.78 is 0. The molecular formula is C24H31N3O2. The van der Waals surface area contributed by atoms with E-state index in [0.717, 1.165) is 24.2 Å². The van der Waals surface area contributed by atoms with Gasteiger partial charge in [0.25, 0.3) is 0 Å². The van der Waals surface area contributed by atoms with Crippen molar-refractivity contribution in [1.82, 2.24) is 15.5 Å². The van der Waals surface area contributed by atoms with E-state index in [1.807, 2.05) is 36.4 Å². The van der Waals surface area contributed by atoms with Crippen molar-refractivity contribution in [1.29, 1.82) is 0 Å². The van der Waals surface area contributed by atoms with Crippen LogP contribution < -0.4 is 10.6 Å². The van der Waals surface area contributed by atoms with Gasteiger partial charge >= 0.3 is 0 Å². The van der Waals surface area contributed by atoms with Gasteiger partial charge in [-0.25, -0.2) is 0 Å². The number of nitrogens with zero attached hydrogens (tertiary/aromatic N) is 1. The van der Waals surface area contributed by atoms with Crippen LogP contribution in [0, 0.1) is 5.92 Å². The van der Waals surface area contributed by atoms with Gasteiger partial charge in [0.15, 0.2) is 0 Å². The molecule has 1 aliphatic rings. The van der Waals surface area contributed by atoms with Gasteiger partial charge in [-0.1, -0.05) is 74.5 Å². The molecule has 0 unspecified atom stereocenters. The Labute approximate surface area is 173 Å². The molecule has 154 valence electrons. The summed E-state index contributed by atoms with van der Waals surface area (Å²) in [4.78, 5) is 27.2. The topological polar surface area (TPSA) is 61.4 Å². The molecule has 1 atom stereocenters. The zero-order chi connectivity index (χ0) is 20.6. The summed E-state index contributed by atoms with van der Waals surface area (Å²) in [6, 6.07) is 20.0. The van der Waals surface area contributed by atoms with E-state index in [0.29, 0.717) is 19.0 Å². The maximum Gasteiger partial charge on any atom is 0.237 e. The van der Waals surface area contributed by atoms with E-state index in [-0.39, 0.29) is 24.2 Å². The number of carbonyl (C=O) groups excluding carboxylic acids is 2. The van der Waals surface area contributed by atoms with Gasteiger partial charge in [0.2, 0.25) is 11.8 Å². The smallest absolute Gasteiger partial charge is 0.237 e. The molecule has 0 saturated carbocycles. The Morgan fingerprint density at radius 3 is 2.21 bits per heavy atom. The fourth-order valence-electron chi connectivity index (χ4n) is 3.93. The lowest BCUT2D eigenvalue weighted by molar-refractivity contribution is -0.134. The Hall–Kier alpha value is -2.66. The van der Waals surface area contributed by atoms with Crippen LogP contribution in [0.5, 0.6) is 0 Å². The second-order valence-electron chi connectivity index (χ2n) is 8.08. The van der Waals surface area contributed by atoms with Crippen LogP contribution >= 0.6 is 0 Å². The molecule has 1 heterocycles. The molecule has 2 aromatic carbocycles. The van der Waals surface area contributed by atoms with Crippen LogP contribution in [0.4, 0.5) is 0 Å². The normalized spacial score (nSPS) is 17.4. The summed E-state index contributed by atoms with van der Waals surface area (Å²) in [6.45, 7) is 7.03. The van der Waals surface area contributed by atoms with Crippen LogP contribution in [0.1, 0.15) is 37.3 Å². The Bertz CT molecular complexity index is 753. The first-order valence-corrected chi connectivity index (χ1v) is 10.4. The van der Waals surface area contributed by atoms with E-state index in [9.17, 15) is 9.59 Å². The SMILES string of the molecule is CC(C)CN1CCNC(=O)[C@@H]1CC(=O)NCC(c1ccccc1)c1ccccc1. The molecule has 1 fully saturated rings. The maximum absolute atomic E-state index is 12.7. The van der Waals surface area contributed by atoms with Crippen molar-refractivity contribution in [2.45, 2.75) is 32.2 Å². The minimum atomic E-state index is -0.391. The highest BCUT2D eigenvalue weighted by Crippen LogP contribution is 2.23. The van der Waals surface area contributed by atoms with Crippen molar-refractivity contribution in [3.05, 3.63) is 71.8 Å². The van der Waals surface area contributed by atoms with E-state index in [1.165, 1.54) is 0 Å². The number of rotatable bonds is 8. The van der Waals surface area contributed by atoms with Gasteiger partial charge in [0, 0.05) is 32.1 Å². The molecule has 0 bridgehead atoms. The summed E-state index contributed by atoms with van der Waals surface area (Å²) in [6.07, 6.45) is 0.189. The van der Waals surface area contributed by atoms with E-state index < -0.39 is 6.04 Å². The first-order valence-electron chi connectivity index (χ1n) is 10.4. The molecule has 0 radical (unpaired) electrons. The minimum absolute atomic E-state index is 0.0466. The second-order valence-corrected chi connectivity index (χ2v) is 8.08. The summed E-state index contributed by atoms with van der Waals surface area (Å²) in [5.74, 6) is 0.396. The van der Waals surface area contributed by atoms with Crippen LogP contribution in [-0.4, -0.2) is 48.9 Å². The third-order valence-corrected chi connectivity index (χ3v) is 5.33. The average Bonchev–Trinajstić information content (AvgIpc) is 2.72. The third-order valence-electron chi connectivity index (χ3n) is 5.33. The maximum atomic E-state index is 12.7. The molecule has 3 rings (SSSR count). The summed E-state index contributed by atoms with van der Waals surface area (Å²) in [5, 5.41) is 5.97. The van der Waals surface area contributed by atoms with Gasteiger partial charge in [0.05, 0.1) is 12.5 Å². The van der Waals surface area contributed by atoms with Gasteiger partial charge in [0.1, 0.15) is 0 Å². The van der Waals surface area contributed by atoms with Crippen LogP contribution in [0.3, 0.4) is 0 Å². The highest BCUT2D eigenvalue weighted by molar-refractivity contribution is 5.88.